The zero-order valence-corrected chi connectivity index (χ0v) is 16.2. The molecule has 1 amide bonds. The van der Waals surface area contributed by atoms with Crippen molar-refractivity contribution in [3.8, 4) is 0 Å². The van der Waals surface area contributed by atoms with Gasteiger partial charge in [-0.2, -0.15) is 18.3 Å². The first-order valence-corrected chi connectivity index (χ1v) is 9.75. The van der Waals surface area contributed by atoms with Crippen LogP contribution in [0, 0.1) is 5.92 Å². The van der Waals surface area contributed by atoms with Crippen LogP contribution in [-0.4, -0.2) is 34.1 Å². The monoisotopic (exact) mass is 393 g/mol. The lowest BCUT2D eigenvalue weighted by atomic mass is 9.90. The third-order valence-corrected chi connectivity index (χ3v) is 5.39. The van der Waals surface area contributed by atoms with E-state index in [9.17, 15) is 18.0 Å². The average molecular weight is 393 g/mol. The number of nitrogens with one attached hydrogen (secondary N) is 1. The molecule has 0 bridgehead atoms. The molecule has 3 rings (SSSR count). The van der Waals surface area contributed by atoms with E-state index in [1.807, 2.05) is 13.8 Å². The van der Waals surface area contributed by atoms with Gasteiger partial charge in [0.1, 0.15) is 5.69 Å². The number of piperidine rings is 1. The Morgan fingerprint density at radius 3 is 2.75 bits per heavy atom. The van der Waals surface area contributed by atoms with E-state index in [0.29, 0.717) is 37.2 Å². The molecule has 2 heterocycles. The van der Waals surface area contributed by atoms with E-state index in [-0.39, 0.29) is 17.7 Å². The van der Waals surface area contributed by atoms with E-state index in [1.165, 1.54) is 6.07 Å². The Kier molecular flexibility index (Phi) is 6.10. The molecule has 2 aromatic rings. The number of benzene rings is 1. The molecule has 0 aliphatic carbocycles. The summed E-state index contributed by atoms with van der Waals surface area (Å²) in [7, 11) is 0. The van der Waals surface area contributed by atoms with Gasteiger partial charge in [-0.3, -0.25) is 9.89 Å². The van der Waals surface area contributed by atoms with Gasteiger partial charge in [0.05, 0.1) is 5.56 Å². The third kappa shape index (κ3) is 4.75. The minimum Gasteiger partial charge on any atom is -0.337 e. The molecule has 28 heavy (non-hydrogen) atoms. The van der Waals surface area contributed by atoms with Gasteiger partial charge >= 0.3 is 6.18 Å². The second-order valence-electron chi connectivity index (χ2n) is 7.82. The number of aryl methyl sites for hydroxylation is 1. The van der Waals surface area contributed by atoms with E-state index in [2.05, 4.69) is 10.2 Å². The molecule has 1 aliphatic rings. The predicted octanol–water partition coefficient (Wildman–Crippen LogP) is 5.04. The fourth-order valence-corrected chi connectivity index (χ4v) is 3.76. The van der Waals surface area contributed by atoms with Crippen LogP contribution in [0.2, 0.25) is 0 Å². The lowest BCUT2D eigenvalue weighted by Gasteiger charge is -2.32. The fraction of sp³-hybridized carbons (Fsp3) is 0.524. The number of carbonyl (C=O) groups excluding carboxylic acids is 1. The molecule has 1 aromatic heterocycles. The minimum absolute atomic E-state index is 0.108. The molecule has 7 heteroatoms. The second kappa shape index (κ2) is 8.37. The summed E-state index contributed by atoms with van der Waals surface area (Å²) in [5.74, 6) is 0.350. The van der Waals surface area contributed by atoms with Gasteiger partial charge in [0.2, 0.25) is 0 Å². The standard InChI is InChI=1S/C21H26F3N3O/c1-14(2)18-12-19(26-25-18)20(28)27-11-5-6-15(13-27)9-10-16-7-3-4-8-17(16)21(22,23)24/h3-4,7-8,12,14-15H,5-6,9-11,13H2,1-2H3,(H,25,26)/t15-/m1/s1. The number of hydrogen-bond donors (Lipinski definition) is 1. The van der Waals surface area contributed by atoms with Gasteiger partial charge in [-0.15, -0.1) is 0 Å². The second-order valence-corrected chi connectivity index (χ2v) is 7.82. The Hall–Kier alpha value is -2.31. The van der Waals surface area contributed by atoms with Gasteiger partial charge < -0.3 is 4.90 Å². The molecule has 1 fully saturated rings. The molecule has 1 aliphatic heterocycles. The van der Waals surface area contributed by atoms with Crippen molar-refractivity contribution >= 4 is 5.91 Å². The number of halogens is 3. The lowest BCUT2D eigenvalue weighted by Crippen LogP contribution is -2.40. The van der Waals surface area contributed by atoms with Crippen molar-refractivity contribution in [2.45, 2.75) is 51.6 Å². The molecule has 0 unspecified atom stereocenters. The number of alkyl halides is 3. The Morgan fingerprint density at radius 1 is 1.32 bits per heavy atom. The Balaban J connectivity index is 1.62. The molecule has 0 saturated carbocycles. The van der Waals surface area contributed by atoms with Crippen LogP contribution in [0.25, 0.3) is 0 Å². The SMILES string of the molecule is CC(C)c1cc(C(=O)N2CCC[C@H](CCc3ccccc3C(F)(F)F)C2)n[nH]1. The van der Waals surface area contributed by atoms with Gasteiger partial charge in [-0.25, -0.2) is 0 Å². The van der Waals surface area contributed by atoms with E-state index in [0.717, 1.165) is 24.6 Å². The van der Waals surface area contributed by atoms with Crippen LogP contribution in [0.3, 0.4) is 0 Å². The zero-order chi connectivity index (χ0) is 20.3. The number of amides is 1. The van der Waals surface area contributed by atoms with Crippen LogP contribution in [0.4, 0.5) is 13.2 Å². The molecular weight excluding hydrogens is 367 g/mol. The normalized spacial score (nSPS) is 17.9. The number of rotatable bonds is 5. The highest BCUT2D eigenvalue weighted by Gasteiger charge is 2.33. The van der Waals surface area contributed by atoms with Crippen LogP contribution >= 0.6 is 0 Å². The first kappa shape index (κ1) is 20.4. The van der Waals surface area contributed by atoms with E-state index in [4.69, 9.17) is 0 Å². The molecule has 0 radical (unpaired) electrons. The summed E-state index contributed by atoms with van der Waals surface area (Å²) < 4.78 is 39.5. The predicted molar refractivity (Wildman–Crippen MR) is 101 cm³/mol. The smallest absolute Gasteiger partial charge is 0.337 e. The highest BCUT2D eigenvalue weighted by Crippen LogP contribution is 2.33. The first-order valence-electron chi connectivity index (χ1n) is 9.75. The van der Waals surface area contributed by atoms with Crippen molar-refractivity contribution < 1.29 is 18.0 Å². The molecule has 152 valence electrons. The van der Waals surface area contributed by atoms with Gasteiger partial charge in [-0.05, 0) is 55.2 Å². The summed E-state index contributed by atoms with van der Waals surface area (Å²) in [4.78, 5) is 14.5. The number of likely N-dealkylation sites (tertiary alicyclic amines) is 1. The maximum Gasteiger partial charge on any atom is 0.416 e. The van der Waals surface area contributed by atoms with Crippen molar-refractivity contribution in [1.82, 2.24) is 15.1 Å². The molecule has 1 aromatic carbocycles. The van der Waals surface area contributed by atoms with Crippen LogP contribution < -0.4 is 0 Å². The number of carbonyl (C=O) groups is 1. The van der Waals surface area contributed by atoms with E-state index < -0.39 is 11.7 Å². The first-order chi connectivity index (χ1) is 13.3. The van der Waals surface area contributed by atoms with Crippen LogP contribution in [0.15, 0.2) is 30.3 Å². The number of aromatic nitrogens is 2. The van der Waals surface area contributed by atoms with Crippen LogP contribution in [-0.2, 0) is 12.6 Å². The average Bonchev–Trinajstić information content (AvgIpc) is 3.16. The summed E-state index contributed by atoms with van der Waals surface area (Å²) in [6.07, 6.45) is -1.55. The van der Waals surface area contributed by atoms with Crippen molar-refractivity contribution in [2.24, 2.45) is 5.92 Å². The summed E-state index contributed by atoms with van der Waals surface area (Å²) in [6.45, 7) is 5.28. The van der Waals surface area contributed by atoms with Gasteiger partial charge in [0.25, 0.3) is 5.91 Å². The van der Waals surface area contributed by atoms with E-state index >= 15 is 0 Å². The fourth-order valence-electron chi connectivity index (χ4n) is 3.76. The summed E-state index contributed by atoms with van der Waals surface area (Å²) in [5.41, 5.74) is 1.09. The largest absolute Gasteiger partial charge is 0.416 e. The highest BCUT2D eigenvalue weighted by atomic mass is 19.4. The Labute approximate surface area is 163 Å². The van der Waals surface area contributed by atoms with Crippen LogP contribution in [0.5, 0.6) is 0 Å². The lowest BCUT2D eigenvalue weighted by molar-refractivity contribution is -0.138. The van der Waals surface area contributed by atoms with Gasteiger partial charge in [0, 0.05) is 18.8 Å². The van der Waals surface area contributed by atoms with Crippen LogP contribution in [0.1, 0.15) is 66.3 Å². The summed E-state index contributed by atoms with van der Waals surface area (Å²) >= 11 is 0. The van der Waals surface area contributed by atoms with E-state index in [1.54, 1.807) is 23.1 Å². The quantitative estimate of drug-likeness (QED) is 0.774. The number of nitrogens with zero attached hydrogens (tertiary/aromatic N) is 2. The van der Waals surface area contributed by atoms with Crippen molar-refractivity contribution in [1.29, 1.82) is 0 Å². The molecule has 1 saturated heterocycles. The number of hydrogen-bond acceptors (Lipinski definition) is 2. The maximum atomic E-state index is 13.2. The van der Waals surface area contributed by atoms with Crippen molar-refractivity contribution in [3.63, 3.8) is 0 Å². The zero-order valence-electron chi connectivity index (χ0n) is 16.2. The van der Waals surface area contributed by atoms with Gasteiger partial charge in [0.15, 0.2) is 0 Å². The van der Waals surface area contributed by atoms with Crippen molar-refractivity contribution in [2.75, 3.05) is 13.1 Å². The molecule has 1 atom stereocenters. The van der Waals surface area contributed by atoms with Crippen molar-refractivity contribution in [3.05, 3.63) is 52.8 Å². The highest BCUT2D eigenvalue weighted by molar-refractivity contribution is 5.92. The third-order valence-electron chi connectivity index (χ3n) is 5.39. The number of aromatic amines is 1. The summed E-state index contributed by atoms with van der Waals surface area (Å²) in [5, 5.41) is 7.03. The molecule has 0 spiro atoms. The topological polar surface area (TPSA) is 49.0 Å². The maximum absolute atomic E-state index is 13.2. The molecule has 1 N–H and O–H groups in total. The molecule has 4 nitrogen and oxygen atoms in total. The molecular formula is C21H26F3N3O. The Bertz CT molecular complexity index is 813. The number of H-pyrrole nitrogens is 1. The summed E-state index contributed by atoms with van der Waals surface area (Å²) in [6, 6.07) is 7.53. The van der Waals surface area contributed by atoms with Gasteiger partial charge in [-0.1, -0.05) is 32.0 Å². The Morgan fingerprint density at radius 2 is 2.07 bits per heavy atom. The minimum atomic E-state index is -4.33.